The molecule has 1 amide bonds. The zero-order chi connectivity index (χ0) is 19.4. The second kappa shape index (κ2) is 8.70. The molecule has 1 aromatic carbocycles. The summed E-state index contributed by atoms with van der Waals surface area (Å²) in [7, 11) is 0. The number of piperidine rings is 1. The molecular weight excluding hydrogens is 338 g/mol. The molecule has 0 aliphatic carbocycles. The van der Waals surface area contributed by atoms with E-state index in [2.05, 4.69) is 53.5 Å². The molecule has 1 N–H and O–H groups in total. The smallest absolute Gasteiger partial charge is 0.224 e. The Morgan fingerprint density at radius 3 is 2.37 bits per heavy atom. The van der Waals surface area contributed by atoms with Gasteiger partial charge in [-0.15, -0.1) is 0 Å². The molecule has 1 fully saturated rings. The number of rotatable bonds is 6. The number of carbonyl (C=O) groups excluding carboxylic acids is 1. The lowest BCUT2D eigenvalue weighted by atomic mass is 9.91. The summed E-state index contributed by atoms with van der Waals surface area (Å²) in [6.45, 7) is 12.3. The normalized spacial score (nSPS) is 20.6. The third-order valence-corrected chi connectivity index (χ3v) is 5.38. The van der Waals surface area contributed by atoms with Crippen LogP contribution in [0.3, 0.4) is 0 Å². The Balaban J connectivity index is 1.48. The number of aryl methyl sites for hydroxylation is 2. The predicted molar refractivity (Wildman–Crippen MR) is 106 cm³/mol. The molecule has 3 rings (SSSR count). The molecule has 2 aromatic rings. The minimum absolute atomic E-state index is 0.00947. The SMILES string of the molecule is Cc1noc(C)c1CC(=O)NCc1ccc(CN2CC(C)CC(C)C2)cc1. The van der Waals surface area contributed by atoms with Crippen LogP contribution in [0.4, 0.5) is 0 Å². The van der Waals surface area contributed by atoms with Crippen molar-refractivity contribution in [1.29, 1.82) is 0 Å². The molecule has 1 saturated heterocycles. The fourth-order valence-corrected chi connectivity index (χ4v) is 4.12. The van der Waals surface area contributed by atoms with Gasteiger partial charge < -0.3 is 9.84 Å². The van der Waals surface area contributed by atoms with E-state index < -0.39 is 0 Å². The van der Waals surface area contributed by atoms with Crippen LogP contribution in [0.2, 0.25) is 0 Å². The summed E-state index contributed by atoms with van der Waals surface area (Å²) >= 11 is 0. The number of nitrogens with one attached hydrogen (secondary N) is 1. The molecule has 27 heavy (non-hydrogen) atoms. The van der Waals surface area contributed by atoms with Crippen molar-refractivity contribution in [3.63, 3.8) is 0 Å². The van der Waals surface area contributed by atoms with Gasteiger partial charge in [0, 0.05) is 31.7 Å². The van der Waals surface area contributed by atoms with Crippen LogP contribution in [-0.2, 0) is 24.3 Å². The highest BCUT2D eigenvalue weighted by molar-refractivity contribution is 5.78. The van der Waals surface area contributed by atoms with Crippen LogP contribution in [0, 0.1) is 25.7 Å². The van der Waals surface area contributed by atoms with Gasteiger partial charge >= 0.3 is 0 Å². The van der Waals surface area contributed by atoms with E-state index in [-0.39, 0.29) is 5.91 Å². The first kappa shape index (κ1) is 19.6. The van der Waals surface area contributed by atoms with Crippen molar-refractivity contribution in [2.75, 3.05) is 13.1 Å². The molecule has 0 spiro atoms. The second-order valence-corrected chi connectivity index (χ2v) is 8.21. The zero-order valence-electron chi connectivity index (χ0n) is 16.9. The average molecular weight is 370 g/mol. The highest BCUT2D eigenvalue weighted by Gasteiger charge is 2.21. The van der Waals surface area contributed by atoms with Crippen LogP contribution >= 0.6 is 0 Å². The molecule has 146 valence electrons. The van der Waals surface area contributed by atoms with Crippen LogP contribution < -0.4 is 5.32 Å². The van der Waals surface area contributed by atoms with Crippen molar-refractivity contribution in [2.45, 2.75) is 53.6 Å². The van der Waals surface area contributed by atoms with Gasteiger partial charge in [-0.2, -0.15) is 0 Å². The number of likely N-dealkylation sites (tertiary alicyclic amines) is 1. The van der Waals surface area contributed by atoms with Crippen molar-refractivity contribution in [3.8, 4) is 0 Å². The Labute approximate surface area is 162 Å². The summed E-state index contributed by atoms with van der Waals surface area (Å²) in [4.78, 5) is 14.7. The minimum Gasteiger partial charge on any atom is -0.361 e. The highest BCUT2D eigenvalue weighted by atomic mass is 16.5. The lowest BCUT2D eigenvalue weighted by Crippen LogP contribution is -2.38. The third-order valence-electron chi connectivity index (χ3n) is 5.38. The number of hydrogen-bond donors (Lipinski definition) is 1. The minimum atomic E-state index is -0.00947. The fourth-order valence-electron chi connectivity index (χ4n) is 4.12. The topological polar surface area (TPSA) is 58.4 Å². The Morgan fingerprint density at radius 2 is 1.78 bits per heavy atom. The lowest BCUT2D eigenvalue weighted by Gasteiger charge is -2.35. The maximum atomic E-state index is 12.2. The van der Waals surface area contributed by atoms with Gasteiger partial charge in [0.05, 0.1) is 12.1 Å². The molecule has 5 heteroatoms. The summed E-state index contributed by atoms with van der Waals surface area (Å²) < 4.78 is 5.11. The van der Waals surface area contributed by atoms with Gasteiger partial charge in [-0.25, -0.2) is 0 Å². The standard InChI is InChI=1S/C22H31N3O2/c1-15-9-16(2)13-25(12-15)14-20-7-5-19(6-8-20)11-23-22(26)10-21-17(3)24-27-18(21)4/h5-8,15-16H,9-14H2,1-4H3,(H,23,26). The van der Waals surface area contributed by atoms with Crippen LogP contribution in [0.25, 0.3) is 0 Å². The zero-order valence-corrected chi connectivity index (χ0v) is 16.9. The molecular formula is C22H31N3O2. The summed E-state index contributed by atoms with van der Waals surface area (Å²) in [5, 5.41) is 6.88. The molecule has 5 nitrogen and oxygen atoms in total. The van der Waals surface area contributed by atoms with Crippen LogP contribution in [0.15, 0.2) is 28.8 Å². The van der Waals surface area contributed by atoms with Crippen LogP contribution in [0.5, 0.6) is 0 Å². The van der Waals surface area contributed by atoms with Gasteiger partial charge in [0.15, 0.2) is 0 Å². The monoisotopic (exact) mass is 369 g/mol. The molecule has 2 unspecified atom stereocenters. The first-order valence-corrected chi connectivity index (χ1v) is 9.89. The summed E-state index contributed by atoms with van der Waals surface area (Å²) in [5.74, 6) is 2.26. The Hall–Kier alpha value is -2.14. The number of benzene rings is 1. The Kier molecular flexibility index (Phi) is 6.32. The van der Waals surface area contributed by atoms with Gasteiger partial charge in [-0.1, -0.05) is 43.3 Å². The van der Waals surface area contributed by atoms with E-state index in [9.17, 15) is 4.79 Å². The first-order chi connectivity index (χ1) is 12.9. The van der Waals surface area contributed by atoms with E-state index in [1.807, 2.05) is 13.8 Å². The van der Waals surface area contributed by atoms with Crippen LogP contribution in [0.1, 0.15) is 48.4 Å². The van der Waals surface area contributed by atoms with Crippen molar-refractivity contribution in [1.82, 2.24) is 15.4 Å². The van der Waals surface area contributed by atoms with E-state index in [4.69, 9.17) is 4.52 Å². The van der Waals surface area contributed by atoms with Gasteiger partial charge in [-0.05, 0) is 43.2 Å². The van der Waals surface area contributed by atoms with E-state index in [1.54, 1.807) is 0 Å². The van der Waals surface area contributed by atoms with Crippen molar-refractivity contribution in [2.24, 2.45) is 11.8 Å². The van der Waals surface area contributed by atoms with E-state index >= 15 is 0 Å². The predicted octanol–water partition coefficient (Wildman–Crippen LogP) is 3.63. The van der Waals surface area contributed by atoms with E-state index in [0.717, 1.165) is 35.2 Å². The molecule has 0 radical (unpaired) electrons. The number of hydrogen-bond acceptors (Lipinski definition) is 4. The molecule has 1 aliphatic rings. The highest BCUT2D eigenvalue weighted by Crippen LogP contribution is 2.22. The molecule has 0 saturated carbocycles. The Morgan fingerprint density at radius 1 is 1.15 bits per heavy atom. The molecule has 1 aromatic heterocycles. The van der Waals surface area contributed by atoms with Gasteiger partial charge in [0.2, 0.25) is 5.91 Å². The van der Waals surface area contributed by atoms with Gasteiger partial charge in [0.25, 0.3) is 0 Å². The molecule has 0 bridgehead atoms. The van der Waals surface area contributed by atoms with Crippen molar-refractivity contribution >= 4 is 5.91 Å². The second-order valence-electron chi connectivity index (χ2n) is 8.21. The maximum Gasteiger partial charge on any atom is 0.224 e. The molecule has 1 aliphatic heterocycles. The number of nitrogens with zero attached hydrogens (tertiary/aromatic N) is 2. The van der Waals surface area contributed by atoms with Crippen molar-refractivity contribution in [3.05, 3.63) is 52.4 Å². The molecule has 2 atom stereocenters. The number of aromatic nitrogens is 1. The maximum absolute atomic E-state index is 12.2. The average Bonchev–Trinajstić information content (AvgIpc) is 2.92. The summed E-state index contributed by atoms with van der Waals surface area (Å²) in [6, 6.07) is 8.59. The summed E-state index contributed by atoms with van der Waals surface area (Å²) in [5.41, 5.74) is 4.12. The van der Waals surface area contributed by atoms with Gasteiger partial charge in [0.1, 0.15) is 5.76 Å². The number of amides is 1. The lowest BCUT2D eigenvalue weighted by molar-refractivity contribution is -0.120. The van der Waals surface area contributed by atoms with E-state index in [0.29, 0.717) is 18.7 Å². The molecule has 2 heterocycles. The van der Waals surface area contributed by atoms with Gasteiger partial charge in [-0.3, -0.25) is 9.69 Å². The van der Waals surface area contributed by atoms with E-state index in [1.165, 1.54) is 25.1 Å². The van der Waals surface area contributed by atoms with Crippen LogP contribution in [-0.4, -0.2) is 29.1 Å². The summed E-state index contributed by atoms with van der Waals surface area (Å²) in [6.07, 6.45) is 1.65. The quantitative estimate of drug-likeness (QED) is 0.845. The Bertz CT molecular complexity index is 737. The third kappa shape index (κ3) is 5.42. The van der Waals surface area contributed by atoms with Crippen molar-refractivity contribution < 1.29 is 9.32 Å². The first-order valence-electron chi connectivity index (χ1n) is 9.89. The largest absolute Gasteiger partial charge is 0.361 e. The fraction of sp³-hybridized carbons (Fsp3) is 0.545. The number of carbonyl (C=O) groups is 1.